The van der Waals surface area contributed by atoms with Gasteiger partial charge in [0.05, 0.1) is 6.42 Å². The highest BCUT2D eigenvalue weighted by atomic mass is 19.1. The summed E-state index contributed by atoms with van der Waals surface area (Å²) in [6.45, 7) is 4.49. The van der Waals surface area contributed by atoms with Crippen molar-refractivity contribution in [3.05, 3.63) is 35.6 Å². The van der Waals surface area contributed by atoms with E-state index in [-0.39, 0.29) is 30.2 Å². The molecule has 2 unspecified atom stereocenters. The minimum absolute atomic E-state index is 0.00277. The molecule has 9 heteroatoms. The molecule has 1 aliphatic heterocycles. The number of halogens is 1. The predicted octanol–water partition coefficient (Wildman–Crippen LogP) is 2.55. The maximum atomic E-state index is 13.4. The fraction of sp³-hybridized carbons (Fsp3) is 0.550. The fourth-order valence-corrected chi connectivity index (χ4v) is 3.72. The van der Waals surface area contributed by atoms with E-state index in [1.54, 1.807) is 12.1 Å². The van der Waals surface area contributed by atoms with Crippen LogP contribution in [0.25, 0.3) is 0 Å². The second-order valence-corrected chi connectivity index (χ2v) is 7.85. The number of carboxylic acid groups (broad SMARTS) is 1. The van der Waals surface area contributed by atoms with E-state index in [4.69, 9.17) is 10.6 Å². The molecule has 0 radical (unpaired) electrons. The summed E-state index contributed by atoms with van der Waals surface area (Å²) < 4.78 is 13.4. The Balaban J connectivity index is 1.77. The zero-order valence-electron chi connectivity index (χ0n) is 16.6. The van der Waals surface area contributed by atoms with Gasteiger partial charge in [0.2, 0.25) is 0 Å². The van der Waals surface area contributed by atoms with Gasteiger partial charge in [0.1, 0.15) is 11.7 Å². The van der Waals surface area contributed by atoms with E-state index in [0.717, 1.165) is 18.4 Å². The van der Waals surface area contributed by atoms with Crippen LogP contribution < -0.4 is 5.73 Å². The number of oxime groups is 1. The van der Waals surface area contributed by atoms with Crippen molar-refractivity contribution >= 4 is 17.9 Å². The van der Waals surface area contributed by atoms with Gasteiger partial charge in [-0.15, -0.1) is 0 Å². The molecule has 29 heavy (non-hydrogen) atoms. The lowest BCUT2D eigenvalue weighted by molar-refractivity contribution is -0.146. The van der Waals surface area contributed by atoms with E-state index in [1.807, 2.05) is 13.8 Å². The Morgan fingerprint density at radius 3 is 2.48 bits per heavy atom. The van der Waals surface area contributed by atoms with Crippen molar-refractivity contribution < 1.29 is 23.9 Å². The van der Waals surface area contributed by atoms with E-state index in [2.05, 4.69) is 10.1 Å². The third-order valence-corrected chi connectivity index (χ3v) is 5.54. The summed E-state index contributed by atoms with van der Waals surface area (Å²) in [7, 11) is 0. The molecule has 1 aromatic carbocycles. The van der Waals surface area contributed by atoms with Gasteiger partial charge in [-0.1, -0.05) is 17.3 Å². The van der Waals surface area contributed by atoms with Crippen LogP contribution >= 0.6 is 0 Å². The molecular weight excluding hydrogens is 379 g/mol. The van der Waals surface area contributed by atoms with Gasteiger partial charge >= 0.3 is 12.1 Å². The van der Waals surface area contributed by atoms with Crippen LogP contribution in [-0.2, 0) is 9.63 Å². The number of amidine groups is 1. The lowest BCUT2D eigenvalue weighted by atomic mass is 9.97. The van der Waals surface area contributed by atoms with Gasteiger partial charge in [0.25, 0.3) is 0 Å². The summed E-state index contributed by atoms with van der Waals surface area (Å²) in [5.41, 5.74) is 6.53. The first-order valence-corrected chi connectivity index (χ1v) is 9.80. The summed E-state index contributed by atoms with van der Waals surface area (Å²) >= 11 is 0. The van der Waals surface area contributed by atoms with Gasteiger partial charge in [0.15, 0.2) is 0 Å². The highest BCUT2D eigenvalue weighted by Crippen LogP contribution is 2.31. The number of nitrogens with two attached hydrogens (primary N) is 1. The number of nitrogens with zero attached hydrogens (tertiary/aromatic N) is 3. The van der Waals surface area contributed by atoms with Crippen LogP contribution in [-0.4, -0.2) is 58.0 Å². The van der Waals surface area contributed by atoms with E-state index in [0.29, 0.717) is 18.9 Å². The van der Waals surface area contributed by atoms with Crippen molar-refractivity contribution in [2.45, 2.75) is 51.2 Å². The number of rotatable bonds is 6. The summed E-state index contributed by atoms with van der Waals surface area (Å²) in [5.74, 6) is -0.383. The molecule has 1 heterocycles. The topological polar surface area (TPSA) is 108 Å². The molecule has 1 aromatic rings. The maximum absolute atomic E-state index is 13.4. The number of carbonyl (C=O) groups is 2. The first-order chi connectivity index (χ1) is 13.8. The third kappa shape index (κ3) is 5.23. The van der Waals surface area contributed by atoms with Crippen LogP contribution in [0.5, 0.6) is 0 Å². The number of piperazine rings is 1. The average molecular weight is 406 g/mol. The first kappa shape index (κ1) is 21.0. The molecule has 1 aliphatic carbocycles. The van der Waals surface area contributed by atoms with Crippen LogP contribution in [0.3, 0.4) is 0 Å². The number of carbonyl (C=O) groups excluding carboxylic acids is 1. The smallest absolute Gasteiger partial charge is 0.407 e. The van der Waals surface area contributed by atoms with Gasteiger partial charge in [0, 0.05) is 37.1 Å². The molecule has 1 amide bonds. The fourth-order valence-electron chi connectivity index (χ4n) is 3.72. The van der Waals surface area contributed by atoms with E-state index in [1.165, 1.54) is 17.0 Å². The third-order valence-electron chi connectivity index (χ3n) is 5.54. The molecule has 158 valence electrons. The molecule has 0 bridgehead atoms. The van der Waals surface area contributed by atoms with Crippen molar-refractivity contribution in [3.63, 3.8) is 0 Å². The summed E-state index contributed by atoms with van der Waals surface area (Å²) in [4.78, 5) is 32.4. The van der Waals surface area contributed by atoms with Crippen molar-refractivity contribution in [1.29, 1.82) is 0 Å². The summed E-state index contributed by atoms with van der Waals surface area (Å²) in [5, 5.41) is 13.1. The molecule has 3 rings (SSSR count). The van der Waals surface area contributed by atoms with Crippen LogP contribution in [0.2, 0.25) is 0 Å². The SMILES string of the molecule is CC1CN(C(=O)O)[C@@H](C)CN1C(CC(=O)O/N=C(/N)C1CC1)c1ccc(F)cc1. The average Bonchev–Trinajstić information content (AvgIpc) is 3.52. The Morgan fingerprint density at radius 1 is 1.24 bits per heavy atom. The second-order valence-electron chi connectivity index (χ2n) is 7.85. The standard InChI is InChI=1S/C20H27FN4O4/c1-12-11-25(20(27)28)13(2)10-24(12)17(14-5-7-16(21)8-6-14)9-18(26)29-23-19(22)15-3-4-15/h5-8,12-13,15,17H,3-4,9-11H2,1-2H3,(H2,22,23)(H,27,28)/t12?,13-,17?/m0/s1. The molecule has 8 nitrogen and oxygen atoms in total. The van der Waals surface area contributed by atoms with Crippen LogP contribution in [0, 0.1) is 11.7 Å². The lowest BCUT2D eigenvalue weighted by Crippen LogP contribution is -2.58. The highest BCUT2D eigenvalue weighted by molar-refractivity contribution is 5.85. The number of hydrogen-bond donors (Lipinski definition) is 2. The van der Waals surface area contributed by atoms with Crippen molar-refractivity contribution in [2.75, 3.05) is 13.1 Å². The normalized spacial score (nSPS) is 24.2. The maximum Gasteiger partial charge on any atom is 0.407 e. The molecule has 3 N–H and O–H groups in total. The quantitative estimate of drug-likeness (QED) is 0.325. The van der Waals surface area contributed by atoms with Gasteiger partial charge in [-0.25, -0.2) is 14.0 Å². The monoisotopic (exact) mass is 406 g/mol. The molecule has 0 spiro atoms. The van der Waals surface area contributed by atoms with Gasteiger partial charge in [-0.3, -0.25) is 4.90 Å². The predicted molar refractivity (Wildman–Crippen MR) is 105 cm³/mol. The number of amides is 1. The van der Waals surface area contributed by atoms with E-state index in [9.17, 15) is 19.1 Å². The second kappa shape index (κ2) is 8.77. The minimum Gasteiger partial charge on any atom is -0.465 e. The Kier molecular flexibility index (Phi) is 6.36. The molecule has 0 aromatic heterocycles. The highest BCUT2D eigenvalue weighted by Gasteiger charge is 2.37. The van der Waals surface area contributed by atoms with Crippen molar-refractivity contribution in [1.82, 2.24) is 9.80 Å². The minimum atomic E-state index is -0.966. The summed E-state index contributed by atoms with van der Waals surface area (Å²) in [6.07, 6.45) is 0.937. The van der Waals surface area contributed by atoms with Crippen LogP contribution in [0.1, 0.15) is 44.7 Å². The Labute approximate surface area is 169 Å². The zero-order valence-corrected chi connectivity index (χ0v) is 16.6. The van der Waals surface area contributed by atoms with Crippen LogP contribution in [0.15, 0.2) is 29.4 Å². The zero-order chi connectivity index (χ0) is 21.1. The molecular formula is C20H27FN4O4. The number of hydrogen-bond acceptors (Lipinski definition) is 5. The van der Waals surface area contributed by atoms with Gasteiger partial charge < -0.3 is 20.6 Å². The molecule has 1 saturated carbocycles. The first-order valence-electron chi connectivity index (χ1n) is 9.80. The Morgan fingerprint density at radius 2 is 1.90 bits per heavy atom. The van der Waals surface area contributed by atoms with Crippen molar-refractivity contribution in [2.24, 2.45) is 16.8 Å². The van der Waals surface area contributed by atoms with E-state index < -0.39 is 18.1 Å². The molecule has 1 saturated heterocycles. The largest absolute Gasteiger partial charge is 0.465 e. The number of benzene rings is 1. The summed E-state index contributed by atoms with van der Waals surface area (Å²) in [6, 6.07) is 5.19. The Hall–Kier alpha value is -2.68. The van der Waals surface area contributed by atoms with E-state index >= 15 is 0 Å². The molecule has 2 fully saturated rings. The van der Waals surface area contributed by atoms with Crippen molar-refractivity contribution in [3.8, 4) is 0 Å². The molecule has 3 atom stereocenters. The molecule has 2 aliphatic rings. The van der Waals surface area contributed by atoms with Gasteiger partial charge in [-0.2, -0.15) is 0 Å². The van der Waals surface area contributed by atoms with Gasteiger partial charge in [-0.05, 0) is 44.4 Å². The van der Waals surface area contributed by atoms with Crippen LogP contribution in [0.4, 0.5) is 9.18 Å². The lowest BCUT2D eigenvalue weighted by Gasteiger charge is -2.46. The Bertz CT molecular complexity index is 781.